The van der Waals surface area contributed by atoms with Crippen molar-refractivity contribution in [2.75, 3.05) is 24.5 Å². The number of amides is 1. The molecule has 3 nitrogen and oxygen atoms in total. The Bertz CT molecular complexity index is 805. The summed E-state index contributed by atoms with van der Waals surface area (Å²) >= 11 is 0. The summed E-state index contributed by atoms with van der Waals surface area (Å²) in [5, 5.41) is 3.18. The topological polar surface area (TPSA) is 32.3 Å². The van der Waals surface area contributed by atoms with Crippen molar-refractivity contribution in [3.63, 3.8) is 0 Å². The van der Waals surface area contributed by atoms with Gasteiger partial charge in [0.2, 0.25) is 0 Å². The number of rotatable bonds is 6. The van der Waals surface area contributed by atoms with Gasteiger partial charge in [0, 0.05) is 17.6 Å². The summed E-state index contributed by atoms with van der Waals surface area (Å²) in [5.74, 6) is -0.734. The van der Waals surface area contributed by atoms with Gasteiger partial charge in [-0.2, -0.15) is 0 Å². The maximum absolute atomic E-state index is 13.9. The summed E-state index contributed by atoms with van der Waals surface area (Å²) in [6, 6.07) is 14.1. The first-order valence-corrected chi connectivity index (χ1v) is 9.96. The molecular weight excluding hydrogens is 351 g/mol. The van der Waals surface area contributed by atoms with Crippen LogP contribution in [0.2, 0.25) is 0 Å². The van der Waals surface area contributed by atoms with Gasteiger partial charge >= 0.3 is 0 Å². The Hall–Kier alpha value is -2.46. The molecule has 0 aromatic heterocycles. The molecule has 0 saturated carbocycles. The van der Waals surface area contributed by atoms with Gasteiger partial charge in [0.05, 0.1) is 5.56 Å². The fraction of sp³-hybridized carbons (Fsp3) is 0.375. The average molecular weight is 383 g/mol. The van der Waals surface area contributed by atoms with Crippen molar-refractivity contribution in [2.24, 2.45) is 0 Å². The number of nitrogens with zero attached hydrogens (tertiary/aromatic N) is 1. The maximum Gasteiger partial charge on any atom is 0.261 e. The van der Waals surface area contributed by atoms with Gasteiger partial charge in [0.25, 0.3) is 5.91 Å². The van der Waals surface area contributed by atoms with Crippen LogP contribution in [-0.2, 0) is 5.41 Å². The van der Waals surface area contributed by atoms with E-state index in [1.807, 2.05) is 24.3 Å². The number of hydrogen-bond acceptors (Lipinski definition) is 2. The smallest absolute Gasteiger partial charge is 0.261 e. The van der Waals surface area contributed by atoms with Crippen LogP contribution in [0.3, 0.4) is 0 Å². The van der Waals surface area contributed by atoms with Crippen molar-refractivity contribution in [3.05, 3.63) is 78.1 Å². The van der Waals surface area contributed by atoms with Gasteiger partial charge in [0.1, 0.15) is 5.82 Å². The first-order chi connectivity index (χ1) is 13.5. The summed E-state index contributed by atoms with van der Waals surface area (Å²) in [6.45, 7) is 12.7. The lowest BCUT2D eigenvalue weighted by Gasteiger charge is -2.24. The minimum atomic E-state index is -0.468. The highest BCUT2D eigenvalue weighted by Crippen LogP contribution is 2.43. The largest absolute Gasteiger partial charge is 0.317 e. The summed E-state index contributed by atoms with van der Waals surface area (Å²) in [7, 11) is 0. The predicted molar refractivity (Wildman–Crippen MR) is 116 cm³/mol. The molecule has 1 amide bonds. The molecule has 3 rings (SSSR count). The Labute approximate surface area is 168 Å². The minimum absolute atomic E-state index is 0.0719. The van der Waals surface area contributed by atoms with E-state index in [1.165, 1.54) is 6.07 Å². The summed E-state index contributed by atoms with van der Waals surface area (Å²) in [6.07, 6.45) is 3.93. The highest BCUT2D eigenvalue weighted by Gasteiger charge is 2.40. The van der Waals surface area contributed by atoms with Crippen molar-refractivity contribution in [3.8, 4) is 0 Å². The number of benzene rings is 2. The number of anilines is 1. The lowest BCUT2D eigenvalue weighted by Crippen LogP contribution is -2.35. The van der Waals surface area contributed by atoms with E-state index in [4.69, 9.17) is 0 Å². The Kier molecular flexibility index (Phi) is 7.94. The van der Waals surface area contributed by atoms with Gasteiger partial charge in [-0.1, -0.05) is 57.2 Å². The lowest BCUT2D eigenvalue weighted by molar-refractivity contribution is 0.0981. The molecule has 1 heterocycles. The molecule has 1 N–H and O–H groups in total. The van der Waals surface area contributed by atoms with Crippen LogP contribution in [0.4, 0.5) is 10.1 Å². The van der Waals surface area contributed by atoms with E-state index in [0.29, 0.717) is 6.54 Å². The number of carbonyl (C=O) groups is 1. The Morgan fingerprint density at radius 1 is 1.21 bits per heavy atom. The number of nitrogens with one attached hydrogen (secondary N) is 1. The van der Waals surface area contributed by atoms with Crippen LogP contribution >= 0.6 is 0 Å². The number of carbonyl (C=O) groups excluding carboxylic acids is 1. The zero-order chi connectivity index (χ0) is 20.6. The predicted octanol–water partition coefficient (Wildman–Crippen LogP) is 5.33. The normalized spacial score (nSPS) is 17.5. The van der Waals surface area contributed by atoms with Crippen molar-refractivity contribution in [1.29, 1.82) is 0 Å². The van der Waals surface area contributed by atoms with Crippen molar-refractivity contribution in [1.82, 2.24) is 5.32 Å². The lowest BCUT2D eigenvalue weighted by atomic mass is 9.82. The molecule has 2 aromatic rings. The molecule has 0 bridgehead atoms. The summed E-state index contributed by atoms with van der Waals surface area (Å²) < 4.78 is 13.9. The van der Waals surface area contributed by atoms with Gasteiger partial charge in [0.15, 0.2) is 0 Å². The van der Waals surface area contributed by atoms with E-state index in [9.17, 15) is 9.18 Å². The molecule has 1 aliphatic rings. The second-order valence-electron chi connectivity index (χ2n) is 7.23. The van der Waals surface area contributed by atoms with Gasteiger partial charge in [-0.15, -0.1) is 6.58 Å². The van der Waals surface area contributed by atoms with Crippen molar-refractivity contribution >= 4 is 11.6 Å². The van der Waals surface area contributed by atoms with Crippen LogP contribution in [0.1, 0.15) is 49.5 Å². The first-order valence-electron chi connectivity index (χ1n) is 9.96. The molecule has 4 heteroatoms. The monoisotopic (exact) mass is 382 g/mol. The molecule has 0 aliphatic carbocycles. The number of para-hydroxylation sites is 1. The van der Waals surface area contributed by atoms with Crippen LogP contribution < -0.4 is 10.2 Å². The number of fused-ring (bicyclic) bond motifs is 1. The second-order valence-corrected chi connectivity index (χ2v) is 7.23. The van der Waals surface area contributed by atoms with Crippen LogP contribution in [0.25, 0.3) is 0 Å². The second kappa shape index (κ2) is 10.2. The van der Waals surface area contributed by atoms with Crippen LogP contribution in [-0.4, -0.2) is 25.5 Å². The first kappa shape index (κ1) is 21.8. The number of hydrogen-bond donors (Lipinski definition) is 1. The standard InChI is InChI=1S/C18H18FNO.C6H13N/c1-3-18(2)12-20(16-11-7-5-9-14(16)18)17(21)13-8-4-6-10-15(13)19;1-3-5-6-7-4-2/h4-11H,3,12H2,1-2H3;3,7H,1,4-6H2,2H3. The zero-order valence-electron chi connectivity index (χ0n) is 17.2. The van der Waals surface area contributed by atoms with E-state index < -0.39 is 5.82 Å². The van der Waals surface area contributed by atoms with E-state index in [0.717, 1.165) is 37.2 Å². The Morgan fingerprint density at radius 2 is 1.89 bits per heavy atom. The summed E-state index contributed by atoms with van der Waals surface area (Å²) in [5.41, 5.74) is 2.12. The highest BCUT2D eigenvalue weighted by molar-refractivity contribution is 6.07. The molecule has 0 radical (unpaired) electrons. The van der Waals surface area contributed by atoms with E-state index in [-0.39, 0.29) is 16.9 Å². The average Bonchev–Trinajstić information content (AvgIpc) is 3.03. The Morgan fingerprint density at radius 3 is 2.54 bits per heavy atom. The molecule has 0 fully saturated rings. The molecule has 1 atom stereocenters. The van der Waals surface area contributed by atoms with Gasteiger partial charge in [-0.25, -0.2) is 4.39 Å². The highest BCUT2D eigenvalue weighted by atomic mass is 19.1. The quantitative estimate of drug-likeness (QED) is 0.541. The third kappa shape index (κ3) is 4.87. The van der Waals surface area contributed by atoms with Crippen molar-refractivity contribution < 1.29 is 9.18 Å². The van der Waals surface area contributed by atoms with Crippen LogP contribution in [0.5, 0.6) is 0 Å². The van der Waals surface area contributed by atoms with Gasteiger partial charge < -0.3 is 10.2 Å². The zero-order valence-corrected chi connectivity index (χ0v) is 17.2. The molecule has 2 aromatic carbocycles. The molecule has 28 heavy (non-hydrogen) atoms. The fourth-order valence-corrected chi connectivity index (χ4v) is 3.38. The van der Waals surface area contributed by atoms with Gasteiger partial charge in [-0.05, 0) is 49.7 Å². The van der Waals surface area contributed by atoms with Crippen molar-refractivity contribution in [2.45, 2.75) is 39.0 Å². The van der Waals surface area contributed by atoms with E-state index in [2.05, 4.69) is 38.7 Å². The van der Waals surface area contributed by atoms with Crippen LogP contribution in [0.15, 0.2) is 61.2 Å². The third-order valence-corrected chi connectivity index (χ3v) is 5.26. The maximum atomic E-state index is 13.9. The Balaban J connectivity index is 0.000000345. The fourth-order valence-electron chi connectivity index (χ4n) is 3.38. The molecule has 0 saturated heterocycles. The SMILES string of the molecule is C=CCCNCC.CCC1(C)CN(C(=O)c2ccccc2F)c2ccccc21. The van der Waals surface area contributed by atoms with Crippen LogP contribution in [0, 0.1) is 5.82 Å². The number of halogens is 1. The van der Waals surface area contributed by atoms with E-state index in [1.54, 1.807) is 23.1 Å². The summed E-state index contributed by atoms with van der Waals surface area (Å²) in [4.78, 5) is 14.4. The molecular formula is C24H31FN2O. The third-order valence-electron chi connectivity index (χ3n) is 5.26. The van der Waals surface area contributed by atoms with Gasteiger partial charge in [-0.3, -0.25) is 4.79 Å². The molecule has 1 unspecified atom stereocenters. The molecule has 1 aliphatic heterocycles. The minimum Gasteiger partial charge on any atom is -0.317 e. The van der Waals surface area contributed by atoms with E-state index >= 15 is 0 Å². The molecule has 150 valence electrons. The molecule has 0 spiro atoms.